The molecule has 6 heteroatoms. The van der Waals surface area contributed by atoms with Gasteiger partial charge in [-0.05, 0) is 43.9 Å². The van der Waals surface area contributed by atoms with E-state index in [1.165, 1.54) is 0 Å². The maximum absolute atomic E-state index is 12.4. The molecule has 2 saturated heterocycles. The first-order valence-corrected chi connectivity index (χ1v) is 8.69. The number of likely N-dealkylation sites (tertiary alicyclic amines) is 2. The molecule has 2 amide bonds. The van der Waals surface area contributed by atoms with Crippen molar-refractivity contribution < 1.29 is 14.3 Å². The van der Waals surface area contributed by atoms with Crippen LogP contribution >= 0.6 is 0 Å². The molecule has 0 bridgehead atoms. The second kappa shape index (κ2) is 7.30. The Bertz CT molecular complexity index is 582. The van der Waals surface area contributed by atoms with Gasteiger partial charge in [0.15, 0.2) is 0 Å². The molecule has 6 nitrogen and oxygen atoms in total. The second-order valence-electron chi connectivity index (χ2n) is 6.58. The molecule has 0 saturated carbocycles. The summed E-state index contributed by atoms with van der Waals surface area (Å²) >= 11 is 0. The van der Waals surface area contributed by atoms with Crippen LogP contribution < -0.4 is 0 Å². The van der Waals surface area contributed by atoms with Crippen molar-refractivity contribution in [1.29, 1.82) is 0 Å². The van der Waals surface area contributed by atoms with Gasteiger partial charge in [-0.15, -0.1) is 0 Å². The monoisotopic (exact) mass is 331 g/mol. The summed E-state index contributed by atoms with van der Waals surface area (Å²) in [6.45, 7) is 4.63. The van der Waals surface area contributed by atoms with Crippen molar-refractivity contribution in [3.8, 4) is 0 Å². The lowest BCUT2D eigenvalue weighted by atomic mass is 9.84. The highest BCUT2D eigenvalue weighted by atomic mass is 16.5. The number of carbonyl (C=O) groups excluding carboxylic acids is 2. The maximum Gasteiger partial charge on any atom is 0.248 e. The summed E-state index contributed by atoms with van der Waals surface area (Å²) < 4.78 is 5.22. The van der Waals surface area contributed by atoms with Crippen LogP contribution in [-0.4, -0.2) is 58.4 Å². The molecule has 3 rings (SSSR count). The summed E-state index contributed by atoms with van der Waals surface area (Å²) in [6.07, 6.45) is 6.72. The van der Waals surface area contributed by atoms with E-state index in [0.717, 1.165) is 24.8 Å². The van der Waals surface area contributed by atoms with Crippen LogP contribution in [0.3, 0.4) is 0 Å². The van der Waals surface area contributed by atoms with Crippen molar-refractivity contribution >= 4 is 11.8 Å². The number of carbonyl (C=O) groups is 2. The zero-order valence-corrected chi connectivity index (χ0v) is 14.2. The van der Waals surface area contributed by atoms with Gasteiger partial charge in [0, 0.05) is 50.6 Å². The summed E-state index contributed by atoms with van der Waals surface area (Å²) in [7, 11) is 0. The van der Waals surface area contributed by atoms with Crippen LogP contribution in [-0.2, 0) is 20.9 Å². The van der Waals surface area contributed by atoms with Gasteiger partial charge in [-0.2, -0.15) is 0 Å². The third-order valence-corrected chi connectivity index (χ3v) is 5.24. The van der Waals surface area contributed by atoms with Gasteiger partial charge in [0.05, 0.1) is 0 Å². The Kier molecular flexibility index (Phi) is 5.14. The van der Waals surface area contributed by atoms with Gasteiger partial charge in [0.25, 0.3) is 0 Å². The molecule has 3 heterocycles. The van der Waals surface area contributed by atoms with Crippen LogP contribution in [0, 0.1) is 0 Å². The molecule has 130 valence electrons. The molecule has 2 fully saturated rings. The number of ether oxygens (including phenoxy) is 1. The van der Waals surface area contributed by atoms with Gasteiger partial charge in [-0.25, -0.2) is 0 Å². The molecular weight excluding hydrogens is 306 g/mol. The highest BCUT2D eigenvalue weighted by Gasteiger charge is 2.47. The van der Waals surface area contributed by atoms with Gasteiger partial charge in [0.2, 0.25) is 11.8 Å². The van der Waals surface area contributed by atoms with Crippen molar-refractivity contribution in [1.82, 2.24) is 14.8 Å². The molecule has 0 unspecified atom stereocenters. The van der Waals surface area contributed by atoms with Crippen molar-refractivity contribution in [3.05, 3.63) is 30.1 Å². The second-order valence-corrected chi connectivity index (χ2v) is 6.58. The van der Waals surface area contributed by atoms with Crippen LogP contribution in [0.1, 0.15) is 38.2 Å². The van der Waals surface area contributed by atoms with E-state index in [1.54, 1.807) is 12.4 Å². The molecule has 1 aromatic rings. The Morgan fingerprint density at radius 2 is 1.96 bits per heavy atom. The smallest absolute Gasteiger partial charge is 0.248 e. The number of hydrogen-bond acceptors (Lipinski definition) is 4. The van der Waals surface area contributed by atoms with E-state index in [4.69, 9.17) is 4.74 Å². The first-order valence-electron chi connectivity index (χ1n) is 8.69. The van der Waals surface area contributed by atoms with Crippen LogP contribution in [0.15, 0.2) is 24.5 Å². The molecule has 24 heavy (non-hydrogen) atoms. The van der Waals surface area contributed by atoms with Crippen LogP contribution in [0.5, 0.6) is 0 Å². The summed E-state index contributed by atoms with van der Waals surface area (Å²) in [6, 6.07) is 3.92. The average molecular weight is 331 g/mol. The normalized spacial score (nSPS) is 20.0. The zero-order valence-electron chi connectivity index (χ0n) is 14.2. The van der Waals surface area contributed by atoms with Crippen LogP contribution in [0.2, 0.25) is 0 Å². The highest BCUT2D eigenvalue weighted by Crippen LogP contribution is 2.40. The van der Waals surface area contributed by atoms with Crippen molar-refractivity contribution in [2.75, 3.05) is 26.3 Å². The average Bonchev–Trinajstić information content (AvgIpc) is 2.91. The van der Waals surface area contributed by atoms with Crippen molar-refractivity contribution in [2.45, 2.75) is 44.7 Å². The minimum absolute atomic E-state index is 0.0525. The topological polar surface area (TPSA) is 62.7 Å². The lowest BCUT2D eigenvalue weighted by Gasteiger charge is -2.45. The molecule has 0 atom stereocenters. The number of amides is 2. The van der Waals surface area contributed by atoms with Crippen LogP contribution in [0.25, 0.3) is 0 Å². The van der Waals surface area contributed by atoms with E-state index < -0.39 is 0 Å². The van der Waals surface area contributed by atoms with Crippen LogP contribution in [0.4, 0.5) is 0 Å². The molecule has 1 aromatic heterocycles. The third kappa shape index (κ3) is 3.43. The van der Waals surface area contributed by atoms with E-state index in [2.05, 4.69) is 4.98 Å². The zero-order chi connectivity index (χ0) is 17.0. The fourth-order valence-corrected chi connectivity index (χ4v) is 3.77. The number of rotatable bonds is 5. The molecule has 1 spiro atoms. The SMILES string of the molecule is CCOCC(=O)N1CCC2(CCC(=O)N2Cc2ccncc2)CC1. The standard InChI is InChI=1S/C18H25N3O3/c1-2-24-14-17(23)20-11-7-18(8-12-20)6-3-16(22)21(18)13-15-4-9-19-10-5-15/h4-5,9-10H,2-3,6-8,11-14H2,1H3. The Labute approximate surface area is 142 Å². The van der Waals surface area contributed by atoms with E-state index in [0.29, 0.717) is 32.7 Å². The first kappa shape index (κ1) is 16.9. The molecule has 0 radical (unpaired) electrons. The summed E-state index contributed by atoms with van der Waals surface area (Å²) in [5.41, 5.74) is 1.01. The number of nitrogens with zero attached hydrogens (tertiary/aromatic N) is 3. The lowest BCUT2D eigenvalue weighted by Crippen LogP contribution is -2.54. The summed E-state index contributed by atoms with van der Waals surface area (Å²) in [5.74, 6) is 0.276. The predicted molar refractivity (Wildman–Crippen MR) is 89.1 cm³/mol. The molecular formula is C18H25N3O3. The van der Waals surface area contributed by atoms with Gasteiger partial charge in [0.1, 0.15) is 6.61 Å². The van der Waals surface area contributed by atoms with E-state index in [9.17, 15) is 9.59 Å². The minimum atomic E-state index is -0.0945. The van der Waals surface area contributed by atoms with Gasteiger partial charge in [-0.1, -0.05) is 0 Å². The van der Waals surface area contributed by atoms with Gasteiger partial charge < -0.3 is 14.5 Å². The quantitative estimate of drug-likeness (QED) is 0.822. The van der Waals surface area contributed by atoms with Crippen molar-refractivity contribution in [2.24, 2.45) is 0 Å². The predicted octanol–water partition coefficient (Wildman–Crippen LogP) is 1.60. The number of piperidine rings is 1. The number of pyridine rings is 1. The molecule has 0 aromatic carbocycles. The Morgan fingerprint density at radius 3 is 2.62 bits per heavy atom. The highest BCUT2D eigenvalue weighted by molar-refractivity contribution is 5.80. The fraction of sp³-hybridized carbons (Fsp3) is 0.611. The van der Waals surface area contributed by atoms with Gasteiger partial charge >= 0.3 is 0 Å². The van der Waals surface area contributed by atoms with Gasteiger partial charge in [-0.3, -0.25) is 14.6 Å². The van der Waals surface area contributed by atoms with Crippen molar-refractivity contribution in [3.63, 3.8) is 0 Å². The first-order chi connectivity index (χ1) is 11.6. The lowest BCUT2D eigenvalue weighted by molar-refractivity contribution is -0.140. The largest absolute Gasteiger partial charge is 0.372 e. The molecule has 2 aliphatic heterocycles. The molecule has 0 N–H and O–H groups in total. The van der Waals surface area contributed by atoms with E-state index >= 15 is 0 Å². The summed E-state index contributed by atoms with van der Waals surface area (Å²) in [4.78, 5) is 32.5. The number of aromatic nitrogens is 1. The maximum atomic E-state index is 12.4. The Balaban J connectivity index is 1.65. The van der Waals surface area contributed by atoms with E-state index in [-0.39, 0.29) is 24.0 Å². The summed E-state index contributed by atoms with van der Waals surface area (Å²) in [5, 5.41) is 0. The molecule has 0 aliphatic carbocycles. The minimum Gasteiger partial charge on any atom is -0.372 e. The third-order valence-electron chi connectivity index (χ3n) is 5.24. The Hall–Kier alpha value is -1.95. The Morgan fingerprint density at radius 1 is 1.25 bits per heavy atom. The number of hydrogen-bond donors (Lipinski definition) is 0. The molecule has 2 aliphatic rings. The fourth-order valence-electron chi connectivity index (χ4n) is 3.77. The van der Waals surface area contributed by atoms with E-state index in [1.807, 2.05) is 28.9 Å².